The molecule has 0 bridgehead atoms. The highest BCUT2D eigenvalue weighted by molar-refractivity contribution is 6.29. The van der Waals surface area contributed by atoms with Crippen molar-refractivity contribution in [1.29, 1.82) is 0 Å². The van der Waals surface area contributed by atoms with Crippen molar-refractivity contribution in [3.8, 4) is 0 Å². The number of pyridine rings is 1. The maximum Gasteiger partial charge on any atom is 0.256 e. The quantitative estimate of drug-likeness (QED) is 0.838. The molecule has 5 heteroatoms. The van der Waals surface area contributed by atoms with E-state index in [1.165, 1.54) is 25.5 Å². The molecule has 1 aromatic rings. The van der Waals surface area contributed by atoms with Crippen LogP contribution < -0.4 is 5.73 Å². The Bertz CT molecular complexity index is 444. The van der Waals surface area contributed by atoms with Gasteiger partial charge in [0.1, 0.15) is 5.15 Å². The number of nitrogen functional groups attached to an aromatic ring is 1. The number of nitrogens with zero attached hydrogens (tertiary/aromatic N) is 2. The minimum absolute atomic E-state index is 0.0660. The zero-order valence-corrected chi connectivity index (χ0v) is 11.3. The number of hydrogen-bond acceptors (Lipinski definition) is 3. The smallest absolute Gasteiger partial charge is 0.256 e. The maximum atomic E-state index is 12.4. The highest BCUT2D eigenvalue weighted by Crippen LogP contribution is 2.24. The van der Waals surface area contributed by atoms with Crippen LogP contribution in [0.4, 0.5) is 5.69 Å². The van der Waals surface area contributed by atoms with E-state index in [9.17, 15) is 4.79 Å². The molecule has 0 aromatic carbocycles. The van der Waals surface area contributed by atoms with E-state index < -0.39 is 0 Å². The fourth-order valence-electron chi connectivity index (χ4n) is 2.45. The van der Waals surface area contributed by atoms with Crippen LogP contribution in [0.3, 0.4) is 0 Å². The Labute approximate surface area is 112 Å². The largest absolute Gasteiger partial charge is 0.397 e. The van der Waals surface area contributed by atoms with E-state index in [0.29, 0.717) is 22.4 Å². The second-order valence-corrected chi connectivity index (χ2v) is 5.19. The summed E-state index contributed by atoms with van der Waals surface area (Å²) in [4.78, 5) is 18.0. The first-order valence-electron chi connectivity index (χ1n) is 6.28. The third-order valence-electron chi connectivity index (χ3n) is 3.57. The fourth-order valence-corrected chi connectivity index (χ4v) is 2.61. The summed E-state index contributed by atoms with van der Waals surface area (Å²) in [7, 11) is 1.84. The Morgan fingerprint density at radius 3 is 2.78 bits per heavy atom. The minimum Gasteiger partial charge on any atom is -0.397 e. The van der Waals surface area contributed by atoms with E-state index in [0.717, 1.165) is 12.8 Å². The Morgan fingerprint density at radius 2 is 2.11 bits per heavy atom. The maximum absolute atomic E-state index is 12.4. The number of amides is 1. The lowest BCUT2D eigenvalue weighted by molar-refractivity contribution is 0.0697. The molecule has 0 unspecified atom stereocenters. The summed E-state index contributed by atoms with van der Waals surface area (Å²) in [5.74, 6) is -0.0660. The summed E-state index contributed by atoms with van der Waals surface area (Å²) >= 11 is 5.81. The van der Waals surface area contributed by atoms with Gasteiger partial charge in [0.15, 0.2) is 0 Å². The first-order valence-corrected chi connectivity index (χ1v) is 6.65. The molecule has 2 N–H and O–H groups in total. The van der Waals surface area contributed by atoms with Crippen LogP contribution >= 0.6 is 11.6 Å². The summed E-state index contributed by atoms with van der Waals surface area (Å²) in [6.45, 7) is 0. The molecule has 0 radical (unpaired) electrons. The molecule has 1 aromatic heterocycles. The SMILES string of the molecule is CN(C(=O)c1cc(Cl)ncc1N)C1CCCCC1. The van der Waals surface area contributed by atoms with Crippen molar-refractivity contribution in [2.45, 2.75) is 38.1 Å². The van der Waals surface area contributed by atoms with Gasteiger partial charge in [0, 0.05) is 13.1 Å². The molecule has 4 nitrogen and oxygen atoms in total. The molecule has 1 aliphatic rings. The summed E-state index contributed by atoms with van der Waals surface area (Å²) in [5.41, 5.74) is 6.62. The van der Waals surface area contributed by atoms with E-state index in [2.05, 4.69) is 4.98 Å². The van der Waals surface area contributed by atoms with Crippen molar-refractivity contribution in [3.05, 3.63) is 23.0 Å². The van der Waals surface area contributed by atoms with E-state index in [-0.39, 0.29) is 5.91 Å². The van der Waals surface area contributed by atoms with Gasteiger partial charge in [0.2, 0.25) is 0 Å². The first kappa shape index (κ1) is 13.1. The Hall–Kier alpha value is -1.29. The van der Waals surface area contributed by atoms with Gasteiger partial charge < -0.3 is 10.6 Å². The van der Waals surface area contributed by atoms with Crippen LogP contribution in [0.25, 0.3) is 0 Å². The summed E-state index contributed by atoms with van der Waals surface area (Å²) < 4.78 is 0. The Kier molecular flexibility index (Phi) is 4.07. The van der Waals surface area contributed by atoms with Gasteiger partial charge in [-0.1, -0.05) is 30.9 Å². The first-order chi connectivity index (χ1) is 8.59. The number of rotatable bonds is 2. The molecular weight excluding hydrogens is 250 g/mol. The van der Waals surface area contributed by atoms with Gasteiger partial charge in [-0.15, -0.1) is 0 Å². The van der Waals surface area contributed by atoms with Crippen molar-refractivity contribution in [1.82, 2.24) is 9.88 Å². The minimum atomic E-state index is -0.0660. The number of anilines is 1. The molecule has 1 aliphatic carbocycles. The highest BCUT2D eigenvalue weighted by Gasteiger charge is 2.24. The summed E-state index contributed by atoms with van der Waals surface area (Å²) in [6, 6.07) is 1.86. The van der Waals surface area contributed by atoms with Crippen molar-refractivity contribution < 1.29 is 4.79 Å². The van der Waals surface area contributed by atoms with Crippen LogP contribution in [0.2, 0.25) is 5.15 Å². The standard InChI is InChI=1S/C13H18ClN3O/c1-17(9-5-3-2-4-6-9)13(18)10-7-12(14)16-8-11(10)15/h7-9H,2-6,15H2,1H3. The van der Waals surface area contributed by atoms with Crippen LogP contribution in [0.1, 0.15) is 42.5 Å². The van der Waals surface area contributed by atoms with Crippen LogP contribution in [0.15, 0.2) is 12.3 Å². The monoisotopic (exact) mass is 267 g/mol. The average molecular weight is 268 g/mol. The lowest BCUT2D eigenvalue weighted by Gasteiger charge is -2.31. The van der Waals surface area contributed by atoms with Gasteiger partial charge in [0.05, 0.1) is 17.4 Å². The molecule has 0 atom stereocenters. The van der Waals surface area contributed by atoms with Crippen molar-refractivity contribution in [2.75, 3.05) is 12.8 Å². The van der Waals surface area contributed by atoms with Crippen LogP contribution in [0.5, 0.6) is 0 Å². The summed E-state index contributed by atoms with van der Waals surface area (Å²) in [5, 5.41) is 0.296. The van der Waals surface area contributed by atoms with Crippen LogP contribution in [-0.4, -0.2) is 28.9 Å². The number of carbonyl (C=O) groups excluding carboxylic acids is 1. The molecule has 2 rings (SSSR count). The van der Waals surface area contributed by atoms with Gasteiger partial charge in [-0.05, 0) is 18.9 Å². The van der Waals surface area contributed by atoms with Gasteiger partial charge in [-0.2, -0.15) is 0 Å². The van der Waals surface area contributed by atoms with Gasteiger partial charge in [0.25, 0.3) is 5.91 Å². The topological polar surface area (TPSA) is 59.2 Å². The Morgan fingerprint density at radius 1 is 1.44 bits per heavy atom. The molecule has 18 heavy (non-hydrogen) atoms. The molecule has 1 saturated carbocycles. The van der Waals surface area contributed by atoms with Crippen molar-refractivity contribution in [2.24, 2.45) is 0 Å². The molecule has 0 saturated heterocycles. The molecule has 0 spiro atoms. The molecule has 98 valence electrons. The fraction of sp³-hybridized carbons (Fsp3) is 0.538. The lowest BCUT2D eigenvalue weighted by Crippen LogP contribution is -2.38. The number of carbonyl (C=O) groups is 1. The van der Waals surface area contributed by atoms with Crippen molar-refractivity contribution in [3.63, 3.8) is 0 Å². The van der Waals surface area contributed by atoms with Crippen LogP contribution in [-0.2, 0) is 0 Å². The highest BCUT2D eigenvalue weighted by atomic mass is 35.5. The summed E-state index contributed by atoms with van der Waals surface area (Å²) in [6.07, 6.45) is 7.22. The Balaban J connectivity index is 2.16. The average Bonchev–Trinajstić information content (AvgIpc) is 2.41. The number of halogens is 1. The van der Waals surface area contributed by atoms with E-state index >= 15 is 0 Å². The van der Waals surface area contributed by atoms with E-state index in [1.54, 1.807) is 11.0 Å². The second-order valence-electron chi connectivity index (χ2n) is 4.80. The third-order valence-corrected chi connectivity index (χ3v) is 3.78. The zero-order chi connectivity index (χ0) is 13.1. The van der Waals surface area contributed by atoms with Gasteiger partial charge in [-0.3, -0.25) is 4.79 Å². The second kappa shape index (κ2) is 5.57. The van der Waals surface area contributed by atoms with Crippen molar-refractivity contribution >= 4 is 23.2 Å². The predicted molar refractivity (Wildman–Crippen MR) is 72.6 cm³/mol. The normalized spacial score (nSPS) is 16.6. The van der Waals surface area contributed by atoms with Crippen LogP contribution in [0, 0.1) is 0 Å². The molecule has 1 heterocycles. The van der Waals surface area contributed by atoms with Gasteiger partial charge in [-0.25, -0.2) is 4.98 Å². The zero-order valence-electron chi connectivity index (χ0n) is 10.5. The number of aromatic nitrogens is 1. The van der Waals surface area contributed by atoms with Gasteiger partial charge >= 0.3 is 0 Å². The third kappa shape index (κ3) is 2.75. The molecule has 1 amide bonds. The molecule has 0 aliphatic heterocycles. The predicted octanol–water partition coefficient (Wildman–Crippen LogP) is 2.72. The number of nitrogens with two attached hydrogens (primary N) is 1. The van der Waals surface area contributed by atoms with E-state index in [1.807, 2.05) is 7.05 Å². The van der Waals surface area contributed by atoms with E-state index in [4.69, 9.17) is 17.3 Å². The number of hydrogen-bond donors (Lipinski definition) is 1. The molecular formula is C13H18ClN3O. The molecule has 1 fully saturated rings. The lowest BCUT2D eigenvalue weighted by atomic mass is 9.94.